The van der Waals surface area contributed by atoms with E-state index in [9.17, 15) is 9.18 Å². The molecule has 0 fully saturated rings. The fraction of sp³-hybridized carbons (Fsp3) is 0.444. The number of carbonyl (C=O) groups is 1. The molecule has 2 N–H and O–H groups in total. The molecule has 72 valence electrons. The molecule has 0 heterocycles. The summed E-state index contributed by atoms with van der Waals surface area (Å²) < 4.78 is 17.5. The number of hydrogen-bond donors (Lipinski definition) is 1. The summed E-state index contributed by atoms with van der Waals surface area (Å²) in [6.45, 7) is 1.59. The molecular formula is C9H12FNO2. The number of rotatable bonds is 1. The lowest BCUT2D eigenvalue weighted by atomic mass is 9.92. The summed E-state index contributed by atoms with van der Waals surface area (Å²) in [5.41, 5.74) is 5.97. The number of ether oxygens (including phenoxy) is 1. The third-order valence-electron chi connectivity index (χ3n) is 2.03. The molecule has 0 saturated heterocycles. The normalized spacial score (nSPS) is 27.7. The van der Waals surface area contributed by atoms with E-state index in [0.717, 1.165) is 0 Å². The maximum absolute atomic E-state index is 12.9. The Labute approximate surface area is 76.1 Å². The van der Waals surface area contributed by atoms with Gasteiger partial charge in [-0.25, -0.2) is 4.39 Å². The van der Waals surface area contributed by atoms with Gasteiger partial charge in [0.1, 0.15) is 5.83 Å². The first-order valence-electron chi connectivity index (χ1n) is 3.95. The molecule has 0 bridgehead atoms. The molecular weight excluding hydrogens is 173 g/mol. The van der Waals surface area contributed by atoms with Gasteiger partial charge in [-0.15, -0.1) is 0 Å². The Morgan fingerprint density at radius 1 is 1.62 bits per heavy atom. The van der Waals surface area contributed by atoms with Crippen LogP contribution in [0, 0.1) is 5.92 Å². The molecule has 0 spiro atoms. The molecule has 2 atom stereocenters. The third kappa shape index (κ3) is 1.95. The van der Waals surface area contributed by atoms with Crippen LogP contribution in [0.1, 0.15) is 6.92 Å². The van der Waals surface area contributed by atoms with Crippen molar-refractivity contribution < 1.29 is 13.9 Å². The Bertz CT molecular complexity index is 283. The smallest absolute Gasteiger partial charge is 0.314 e. The topological polar surface area (TPSA) is 52.3 Å². The van der Waals surface area contributed by atoms with Crippen molar-refractivity contribution in [2.45, 2.75) is 13.0 Å². The molecule has 1 rings (SSSR count). The second kappa shape index (κ2) is 3.70. The average Bonchev–Trinajstić information content (AvgIpc) is 2.10. The lowest BCUT2D eigenvalue weighted by molar-refractivity contribution is -0.144. The van der Waals surface area contributed by atoms with Crippen molar-refractivity contribution in [3.05, 3.63) is 23.6 Å². The number of methoxy groups -OCH3 is 1. The van der Waals surface area contributed by atoms with Gasteiger partial charge < -0.3 is 10.5 Å². The largest absolute Gasteiger partial charge is 0.469 e. The summed E-state index contributed by atoms with van der Waals surface area (Å²) in [6, 6.07) is -0.629. The number of allylic oxidation sites excluding steroid dienone is 2. The van der Waals surface area contributed by atoms with Crippen LogP contribution < -0.4 is 5.73 Å². The minimum atomic E-state index is -0.629. The minimum Gasteiger partial charge on any atom is -0.469 e. The van der Waals surface area contributed by atoms with Gasteiger partial charge in [-0.2, -0.15) is 0 Å². The molecule has 0 aromatic carbocycles. The van der Waals surface area contributed by atoms with Crippen LogP contribution in [-0.2, 0) is 9.53 Å². The fourth-order valence-electron chi connectivity index (χ4n) is 1.23. The van der Waals surface area contributed by atoms with Gasteiger partial charge >= 0.3 is 5.97 Å². The number of halogens is 1. The van der Waals surface area contributed by atoms with Crippen LogP contribution in [0.4, 0.5) is 4.39 Å². The first-order valence-corrected chi connectivity index (χ1v) is 3.95. The summed E-state index contributed by atoms with van der Waals surface area (Å²) in [5.74, 6) is -1.37. The number of esters is 1. The molecule has 0 aliphatic heterocycles. The van der Waals surface area contributed by atoms with Gasteiger partial charge in [-0.05, 0) is 18.6 Å². The van der Waals surface area contributed by atoms with E-state index in [4.69, 9.17) is 5.73 Å². The lowest BCUT2D eigenvalue weighted by Crippen LogP contribution is -2.35. The summed E-state index contributed by atoms with van der Waals surface area (Å²) in [5, 5.41) is 0. The van der Waals surface area contributed by atoms with Gasteiger partial charge in [-0.1, -0.05) is 6.08 Å². The zero-order valence-corrected chi connectivity index (χ0v) is 7.58. The Balaban J connectivity index is 2.87. The highest BCUT2D eigenvalue weighted by molar-refractivity contribution is 5.76. The fourth-order valence-corrected chi connectivity index (χ4v) is 1.23. The maximum Gasteiger partial charge on any atom is 0.314 e. The van der Waals surface area contributed by atoms with Crippen LogP contribution in [0.2, 0.25) is 0 Å². The monoisotopic (exact) mass is 185 g/mol. The molecule has 0 saturated carbocycles. The zero-order valence-electron chi connectivity index (χ0n) is 7.58. The highest BCUT2D eigenvalue weighted by Gasteiger charge is 2.27. The van der Waals surface area contributed by atoms with Gasteiger partial charge in [0.05, 0.1) is 13.0 Å². The Hall–Kier alpha value is -1.16. The molecule has 1 aliphatic rings. The van der Waals surface area contributed by atoms with E-state index in [1.165, 1.54) is 19.3 Å². The first kappa shape index (κ1) is 9.92. The number of nitrogens with two attached hydrogens (primary N) is 1. The molecule has 4 heteroatoms. The van der Waals surface area contributed by atoms with E-state index in [1.807, 2.05) is 0 Å². The summed E-state index contributed by atoms with van der Waals surface area (Å²) in [6.07, 6.45) is 2.72. The molecule has 0 amide bonds. The molecule has 13 heavy (non-hydrogen) atoms. The van der Waals surface area contributed by atoms with Crippen molar-refractivity contribution >= 4 is 5.97 Å². The van der Waals surface area contributed by atoms with Crippen molar-refractivity contribution in [3.8, 4) is 0 Å². The van der Waals surface area contributed by atoms with E-state index in [0.29, 0.717) is 5.57 Å². The van der Waals surface area contributed by atoms with Crippen molar-refractivity contribution in [3.63, 3.8) is 0 Å². The first-order chi connectivity index (χ1) is 6.06. The van der Waals surface area contributed by atoms with Crippen LogP contribution >= 0.6 is 0 Å². The highest BCUT2D eigenvalue weighted by Crippen LogP contribution is 2.23. The van der Waals surface area contributed by atoms with E-state index in [2.05, 4.69) is 4.74 Å². The predicted octanol–water partition coefficient (Wildman–Crippen LogP) is 0.916. The third-order valence-corrected chi connectivity index (χ3v) is 2.03. The van der Waals surface area contributed by atoms with E-state index >= 15 is 0 Å². The minimum absolute atomic E-state index is 0.368. The van der Waals surface area contributed by atoms with E-state index in [1.54, 1.807) is 6.92 Å². The van der Waals surface area contributed by atoms with Gasteiger partial charge in [0.25, 0.3) is 0 Å². The van der Waals surface area contributed by atoms with E-state index < -0.39 is 17.9 Å². The van der Waals surface area contributed by atoms with Crippen molar-refractivity contribution in [2.24, 2.45) is 11.7 Å². The molecule has 0 aromatic heterocycles. The molecule has 3 nitrogen and oxygen atoms in total. The zero-order chi connectivity index (χ0) is 10.0. The lowest BCUT2D eigenvalue weighted by Gasteiger charge is -2.20. The molecule has 0 radical (unpaired) electrons. The van der Waals surface area contributed by atoms with Gasteiger partial charge in [-0.3, -0.25) is 4.79 Å². The summed E-state index contributed by atoms with van der Waals surface area (Å²) in [7, 11) is 1.28. The predicted molar refractivity (Wildman–Crippen MR) is 46.4 cm³/mol. The second-order valence-corrected chi connectivity index (χ2v) is 2.99. The summed E-state index contributed by atoms with van der Waals surface area (Å²) in [4.78, 5) is 11.1. The van der Waals surface area contributed by atoms with Crippen molar-refractivity contribution in [2.75, 3.05) is 7.11 Å². The van der Waals surface area contributed by atoms with Crippen LogP contribution in [0.15, 0.2) is 23.6 Å². The molecule has 1 aliphatic carbocycles. The van der Waals surface area contributed by atoms with Crippen LogP contribution in [-0.4, -0.2) is 19.1 Å². The SMILES string of the molecule is COC(=O)C1C=C(C)C(F)=CC1N. The van der Waals surface area contributed by atoms with Crippen molar-refractivity contribution in [1.29, 1.82) is 0 Å². The summed E-state index contributed by atoms with van der Waals surface area (Å²) >= 11 is 0. The molecule has 2 unspecified atom stereocenters. The Morgan fingerprint density at radius 3 is 2.77 bits per heavy atom. The number of carbonyl (C=O) groups excluding carboxylic acids is 1. The van der Waals surface area contributed by atoms with E-state index in [-0.39, 0.29) is 5.83 Å². The highest BCUT2D eigenvalue weighted by atomic mass is 19.1. The standard InChI is InChI=1S/C9H12FNO2/c1-5-3-6(9(12)13-2)8(11)4-7(5)10/h3-4,6,8H,11H2,1-2H3. The second-order valence-electron chi connectivity index (χ2n) is 2.99. The Kier molecular flexibility index (Phi) is 2.83. The average molecular weight is 185 g/mol. The van der Waals surface area contributed by atoms with Gasteiger partial charge in [0.2, 0.25) is 0 Å². The van der Waals surface area contributed by atoms with Crippen LogP contribution in [0.3, 0.4) is 0 Å². The quantitative estimate of drug-likeness (QED) is 0.618. The van der Waals surface area contributed by atoms with Gasteiger partial charge in [0.15, 0.2) is 0 Å². The van der Waals surface area contributed by atoms with Crippen LogP contribution in [0.5, 0.6) is 0 Å². The van der Waals surface area contributed by atoms with Crippen molar-refractivity contribution in [1.82, 2.24) is 0 Å². The Morgan fingerprint density at radius 2 is 2.23 bits per heavy atom. The number of hydrogen-bond acceptors (Lipinski definition) is 3. The molecule has 0 aromatic rings. The maximum atomic E-state index is 12.9. The van der Waals surface area contributed by atoms with Crippen LogP contribution in [0.25, 0.3) is 0 Å². The van der Waals surface area contributed by atoms with Gasteiger partial charge in [0, 0.05) is 6.04 Å².